The predicted molar refractivity (Wildman–Crippen MR) is 140 cm³/mol. The maximum Gasteiger partial charge on any atom is 0.417 e. The van der Waals surface area contributed by atoms with Crippen molar-refractivity contribution in [2.45, 2.75) is 38.0 Å². The number of alkyl halides is 3. The van der Waals surface area contributed by atoms with Gasteiger partial charge in [-0.2, -0.15) is 13.2 Å². The fourth-order valence-electron chi connectivity index (χ4n) is 5.35. The molecule has 6 heterocycles. The van der Waals surface area contributed by atoms with Crippen molar-refractivity contribution < 1.29 is 13.2 Å². The topological polar surface area (TPSA) is 112 Å². The Hall–Kier alpha value is -3.93. The van der Waals surface area contributed by atoms with Gasteiger partial charge >= 0.3 is 6.18 Å². The van der Waals surface area contributed by atoms with Crippen LogP contribution >= 0.6 is 0 Å². The van der Waals surface area contributed by atoms with Crippen LogP contribution in [0.2, 0.25) is 0 Å². The Bertz CT molecular complexity index is 1450. The van der Waals surface area contributed by atoms with E-state index in [4.69, 9.17) is 10.7 Å². The maximum absolute atomic E-state index is 13.3. The zero-order valence-corrected chi connectivity index (χ0v) is 20.8. The van der Waals surface area contributed by atoms with E-state index in [1.165, 1.54) is 25.6 Å². The number of H-pyrrole nitrogens is 1. The number of nitrogen functional groups attached to an aromatic ring is 1. The molecule has 0 unspecified atom stereocenters. The molecular formula is C26H28F3N9. The lowest BCUT2D eigenvalue weighted by Crippen LogP contribution is -2.50. The van der Waals surface area contributed by atoms with E-state index in [1.54, 1.807) is 6.20 Å². The Morgan fingerprint density at radius 1 is 1.11 bits per heavy atom. The van der Waals surface area contributed by atoms with Crippen LogP contribution in [0.5, 0.6) is 0 Å². The van der Waals surface area contributed by atoms with Crippen LogP contribution in [0, 0.1) is 0 Å². The molecule has 38 heavy (non-hydrogen) atoms. The predicted octanol–water partition coefficient (Wildman–Crippen LogP) is 4.47. The Labute approximate surface area is 217 Å². The van der Waals surface area contributed by atoms with Gasteiger partial charge in [0.2, 0.25) is 5.95 Å². The molecule has 6 rings (SSSR count). The van der Waals surface area contributed by atoms with Crippen LogP contribution in [-0.4, -0.2) is 62.0 Å². The number of rotatable bonds is 5. The number of hydrogen-bond acceptors (Lipinski definition) is 8. The number of aromatic amines is 1. The van der Waals surface area contributed by atoms with Crippen LogP contribution in [0.3, 0.4) is 0 Å². The summed E-state index contributed by atoms with van der Waals surface area (Å²) in [6, 6.07) is 5.59. The third-order valence-electron chi connectivity index (χ3n) is 7.46. The molecular weight excluding hydrogens is 495 g/mol. The van der Waals surface area contributed by atoms with Gasteiger partial charge in [-0.3, -0.25) is 4.90 Å². The molecule has 9 nitrogen and oxygen atoms in total. The van der Waals surface area contributed by atoms with Crippen molar-refractivity contribution >= 4 is 28.5 Å². The smallest absolute Gasteiger partial charge is 0.396 e. The highest BCUT2D eigenvalue weighted by molar-refractivity contribution is 5.95. The maximum atomic E-state index is 13.3. The molecule has 2 aliphatic heterocycles. The van der Waals surface area contributed by atoms with E-state index in [9.17, 15) is 13.2 Å². The first-order valence-corrected chi connectivity index (χ1v) is 12.6. The highest BCUT2D eigenvalue weighted by Crippen LogP contribution is 2.35. The van der Waals surface area contributed by atoms with Gasteiger partial charge in [0.25, 0.3) is 0 Å². The average Bonchev–Trinajstić information content (AvgIpc) is 3.55. The molecule has 4 aromatic rings. The lowest BCUT2D eigenvalue weighted by Gasteiger charge is -2.38. The molecule has 4 N–H and O–H groups in total. The first-order chi connectivity index (χ1) is 18.3. The van der Waals surface area contributed by atoms with Gasteiger partial charge in [-0.25, -0.2) is 19.9 Å². The zero-order chi connectivity index (χ0) is 26.4. The molecule has 2 atom stereocenters. The number of piperazine rings is 1. The molecule has 0 spiro atoms. The van der Waals surface area contributed by atoms with Gasteiger partial charge in [-0.15, -0.1) is 0 Å². The third-order valence-corrected chi connectivity index (χ3v) is 7.46. The van der Waals surface area contributed by atoms with Crippen LogP contribution in [0.15, 0.2) is 43.0 Å². The summed E-state index contributed by atoms with van der Waals surface area (Å²) in [6.07, 6.45) is 3.67. The van der Waals surface area contributed by atoms with Gasteiger partial charge in [0.15, 0.2) is 0 Å². The quantitative estimate of drug-likeness (QED) is 0.351. The van der Waals surface area contributed by atoms with Gasteiger partial charge in [-0.05, 0) is 44.0 Å². The Morgan fingerprint density at radius 3 is 2.76 bits per heavy atom. The number of aromatic nitrogens is 5. The third kappa shape index (κ3) is 4.60. The summed E-state index contributed by atoms with van der Waals surface area (Å²) in [5.41, 5.74) is 7.55. The van der Waals surface area contributed by atoms with Crippen LogP contribution in [0.1, 0.15) is 36.9 Å². The molecule has 2 saturated heterocycles. The van der Waals surface area contributed by atoms with Crippen molar-refractivity contribution in [3.8, 4) is 11.3 Å². The molecule has 0 aliphatic carbocycles. The van der Waals surface area contributed by atoms with Gasteiger partial charge in [0.05, 0.1) is 23.5 Å². The second kappa shape index (κ2) is 9.43. The summed E-state index contributed by atoms with van der Waals surface area (Å²) in [5.74, 6) is 1.28. The highest BCUT2D eigenvalue weighted by Gasteiger charge is 2.32. The number of fused-ring (bicyclic) bond motifs is 2. The number of pyridine rings is 2. The van der Waals surface area contributed by atoms with Gasteiger partial charge in [0, 0.05) is 55.2 Å². The fourth-order valence-corrected chi connectivity index (χ4v) is 5.35. The number of nitrogens with zero attached hydrogens (tertiary/aromatic N) is 6. The highest BCUT2D eigenvalue weighted by atomic mass is 19.4. The molecule has 0 saturated carbocycles. The molecule has 0 bridgehead atoms. The van der Waals surface area contributed by atoms with E-state index in [1.807, 2.05) is 25.3 Å². The van der Waals surface area contributed by atoms with Crippen molar-refractivity contribution in [2.75, 3.05) is 42.1 Å². The summed E-state index contributed by atoms with van der Waals surface area (Å²) < 4.78 is 39.8. The molecule has 12 heteroatoms. The average molecular weight is 524 g/mol. The number of hydrogen-bond donors (Lipinski definition) is 3. The lowest BCUT2D eigenvalue weighted by atomic mass is 10.1. The SMILES string of the molecule is C[C@@H](Nc1ncc(N)c(-c2c[nH]c3ncc(C(F)(F)F)cc23)n1)c1ccc(N2CCN3CCC[C@H]3C2)nc1. The van der Waals surface area contributed by atoms with Crippen molar-refractivity contribution in [3.63, 3.8) is 0 Å². The van der Waals surface area contributed by atoms with E-state index in [0.717, 1.165) is 43.3 Å². The minimum absolute atomic E-state index is 0.166. The van der Waals surface area contributed by atoms with Crippen molar-refractivity contribution in [1.29, 1.82) is 0 Å². The molecule has 198 valence electrons. The molecule has 0 radical (unpaired) electrons. The Morgan fingerprint density at radius 2 is 1.97 bits per heavy atom. The molecule has 0 amide bonds. The molecule has 2 fully saturated rings. The normalized spacial score (nSPS) is 19.1. The fraction of sp³-hybridized carbons (Fsp3) is 0.385. The van der Waals surface area contributed by atoms with Crippen LogP contribution in [0.25, 0.3) is 22.3 Å². The molecule has 2 aliphatic rings. The lowest BCUT2D eigenvalue weighted by molar-refractivity contribution is -0.137. The summed E-state index contributed by atoms with van der Waals surface area (Å²) >= 11 is 0. The Kier molecular flexibility index (Phi) is 6.05. The summed E-state index contributed by atoms with van der Waals surface area (Å²) in [4.78, 5) is 25.3. The monoisotopic (exact) mass is 523 g/mol. The minimum atomic E-state index is -4.51. The van der Waals surface area contributed by atoms with E-state index in [0.29, 0.717) is 28.9 Å². The van der Waals surface area contributed by atoms with Gasteiger partial charge in [-0.1, -0.05) is 6.07 Å². The first-order valence-electron chi connectivity index (χ1n) is 12.6. The van der Waals surface area contributed by atoms with E-state index in [2.05, 4.69) is 35.1 Å². The van der Waals surface area contributed by atoms with Gasteiger partial charge < -0.3 is 20.9 Å². The Balaban J connectivity index is 1.20. The summed E-state index contributed by atoms with van der Waals surface area (Å²) in [5, 5.41) is 3.54. The van der Waals surface area contributed by atoms with Crippen LogP contribution in [0.4, 0.5) is 30.6 Å². The van der Waals surface area contributed by atoms with E-state index in [-0.39, 0.29) is 17.1 Å². The zero-order valence-electron chi connectivity index (χ0n) is 20.8. The first kappa shape index (κ1) is 24.4. The summed E-state index contributed by atoms with van der Waals surface area (Å²) in [6.45, 7) is 6.24. The second-order valence-electron chi connectivity index (χ2n) is 9.91. The number of nitrogens with two attached hydrogens (primary N) is 1. The molecule has 0 aromatic carbocycles. The number of anilines is 3. The van der Waals surface area contributed by atoms with Crippen molar-refractivity contribution in [3.05, 3.63) is 54.1 Å². The largest absolute Gasteiger partial charge is 0.417 e. The second-order valence-corrected chi connectivity index (χ2v) is 9.91. The standard InChI is InChI=1S/C26H28F3N9/c1-15(16-4-5-22(31-10-16)38-8-7-37-6-2-3-18(37)14-38)35-25-34-13-21(30)23(36-25)20-12-33-24-19(20)9-17(11-32-24)26(27,28)29/h4-5,9-13,15,18H,2-3,6-8,14,30H2,1H3,(H,32,33)(H,34,35,36)/t15-,18+/m1/s1. The van der Waals surface area contributed by atoms with Gasteiger partial charge in [0.1, 0.15) is 17.2 Å². The molecule has 4 aromatic heterocycles. The van der Waals surface area contributed by atoms with E-state index < -0.39 is 11.7 Å². The van der Waals surface area contributed by atoms with Crippen LogP contribution in [-0.2, 0) is 6.18 Å². The number of halogens is 3. The minimum Gasteiger partial charge on any atom is -0.396 e. The number of nitrogens with one attached hydrogen (secondary N) is 2. The van der Waals surface area contributed by atoms with Crippen LogP contribution < -0.4 is 16.0 Å². The van der Waals surface area contributed by atoms with Crippen molar-refractivity contribution in [1.82, 2.24) is 29.8 Å². The summed E-state index contributed by atoms with van der Waals surface area (Å²) in [7, 11) is 0. The van der Waals surface area contributed by atoms with E-state index >= 15 is 0 Å². The van der Waals surface area contributed by atoms with Crippen molar-refractivity contribution in [2.24, 2.45) is 0 Å².